The average molecular weight is 521 g/mol. The molecule has 36 heavy (non-hydrogen) atoms. The van der Waals surface area contributed by atoms with Gasteiger partial charge in [-0.2, -0.15) is 9.57 Å². The van der Waals surface area contributed by atoms with Gasteiger partial charge in [0.1, 0.15) is 0 Å². The molecule has 7 nitrogen and oxygen atoms in total. The van der Waals surface area contributed by atoms with Crippen molar-refractivity contribution in [3.05, 3.63) is 71.0 Å². The molecule has 0 bridgehead atoms. The number of nitriles is 1. The van der Waals surface area contributed by atoms with Gasteiger partial charge in [0.2, 0.25) is 15.9 Å². The van der Waals surface area contributed by atoms with E-state index in [1.807, 2.05) is 36.4 Å². The molecule has 3 aliphatic rings. The molecule has 1 amide bonds. The number of aromatic nitrogens is 1. The molecule has 0 N–H and O–H groups in total. The molecule has 1 aromatic heterocycles. The highest BCUT2D eigenvalue weighted by molar-refractivity contribution is 7.89. The van der Waals surface area contributed by atoms with Crippen molar-refractivity contribution in [2.75, 3.05) is 23.7 Å². The van der Waals surface area contributed by atoms with E-state index in [1.165, 1.54) is 4.31 Å². The van der Waals surface area contributed by atoms with E-state index in [0.29, 0.717) is 30.8 Å². The zero-order chi connectivity index (χ0) is 25.1. The summed E-state index contributed by atoms with van der Waals surface area (Å²) >= 11 is 6.37. The van der Waals surface area contributed by atoms with Crippen LogP contribution in [-0.2, 0) is 26.8 Å². The molecule has 6 rings (SSSR count). The number of carbonyl (C=O) groups excluding carboxylic acids is 1. The SMILES string of the molecule is N#CC1(CS(=O)(=O)N2Cc3ccc(Cl)cc3C3(CCN(c4cncc5ccccc45)C3=O)C2)CCC1. The molecule has 3 heterocycles. The molecule has 1 aliphatic carbocycles. The summed E-state index contributed by atoms with van der Waals surface area (Å²) < 4.78 is 28.7. The summed E-state index contributed by atoms with van der Waals surface area (Å²) in [5.41, 5.74) is 0.409. The van der Waals surface area contributed by atoms with E-state index in [4.69, 9.17) is 11.6 Å². The number of sulfonamides is 1. The van der Waals surface area contributed by atoms with Gasteiger partial charge in [0, 0.05) is 41.6 Å². The van der Waals surface area contributed by atoms with Crippen LogP contribution in [0.25, 0.3) is 10.8 Å². The lowest BCUT2D eigenvalue weighted by molar-refractivity contribution is -0.122. The van der Waals surface area contributed by atoms with Crippen molar-refractivity contribution in [3.8, 4) is 6.07 Å². The van der Waals surface area contributed by atoms with Crippen molar-refractivity contribution in [2.45, 2.75) is 37.6 Å². The first-order valence-corrected chi connectivity index (χ1v) is 14.1. The number of fused-ring (bicyclic) bond motifs is 3. The molecular formula is C27H25ClN4O3S. The molecule has 2 aliphatic heterocycles. The minimum atomic E-state index is -3.78. The second kappa shape index (κ2) is 8.27. The number of rotatable bonds is 4. The molecule has 1 unspecified atom stereocenters. The van der Waals surface area contributed by atoms with Crippen molar-refractivity contribution in [2.24, 2.45) is 5.41 Å². The Bertz CT molecular complexity index is 1540. The Hall–Kier alpha value is -2.99. The maximum Gasteiger partial charge on any atom is 0.239 e. The Labute approximate surface area is 215 Å². The van der Waals surface area contributed by atoms with E-state index in [1.54, 1.807) is 23.4 Å². The van der Waals surface area contributed by atoms with Gasteiger partial charge in [-0.15, -0.1) is 0 Å². The van der Waals surface area contributed by atoms with Gasteiger partial charge in [-0.25, -0.2) is 8.42 Å². The molecular weight excluding hydrogens is 496 g/mol. The summed E-state index contributed by atoms with van der Waals surface area (Å²) in [6.07, 6.45) is 5.97. The first kappa shape index (κ1) is 23.4. The van der Waals surface area contributed by atoms with Gasteiger partial charge in [-0.3, -0.25) is 9.78 Å². The van der Waals surface area contributed by atoms with Crippen molar-refractivity contribution in [3.63, 3.8) is 0 Å². The highest BCUT2D eigenvalue weighted by Crippen LogP contribution is 2.47. The first-order chi connectivity index (χ1) is 17.3. The van der Waals surface area contributed by atoms with E-state index in [-0.39, 0.29) is 24.7 Å². The number of nitrogens with zero attached hydrogens (tertiary/aromatic N) is 4. The average Bonchev–Trinajstić information content (AvgIpc) is 3.17. The highest BCUT2D eigenvalue weighted by atomic mass is 35.5. The monoisotopic (exact) mass is 520 g/mol. The molecule has 9 heteroatoms. The van der Waals surface area contributed by atoms with Crippen LogP contribution in [0.15, 0.2) is 54.9 Å². The molecule has 1 saturated carbocycles. The third kappa shape index (κ3) is 3.52. The fourth-order valence-corrected chi connectivity index (χ4v) is 8.16. The zero-order valence-electron chi connectivity index (χ0n) is 19.7. The van der Waals surface area contributed by atoms with E-state index in [2.05, 4.69) is 11.1 Å². The lowest BCUT2D eigenvalue weighted by atomic mass is 9.72. The summed E-state index contributed by atoms with van der Waals surface area (Å²) in [6.45, 7) is 0.648. The topological polar surface area (TPSA) is 94.4 Å². The van der Waals surface area contributed by atoms with E-state index < -0.39 is 20.9 Å². The normalized spacial score (nSPS) is 23.4. The molecule has 2 fully saturated rings. The first-order valence-electron chi connectivity index (χ1n) is 12.1. The van der Waals surface area contributed by atoms with Gasteiger partial charge in [0.05, 0.1) is 34.5 Å². The van der Waals surface area contributed by atoms with E-state index in [0.717, 1.165) is 34.0 Å². The van der Waals surface area contributed by atoms with Crippen LogP contribution in [0.4, 0.5) is 5.69 Å². The van der Waals surface area contributed by atoms with Gasteiger partial charge >= 0.3 is 0 Å². The Morgan fingerprint density at radius 3 is 2.67 bits per heavy atom. The van der Waals surface area contributed by atoms with Gasteiger partial charge in [0.15, 0.2) is 0 Å². The van der Waals surface area contributed by atoms with E-state index >= 15 is 0 Å². The van der Waals surface area contributed by atoms with Crippen molar-refractivity contribution in [1.82, 2.24) is 9.29 Å². The molecule has 1 saturated heterocycles. The Balaban J connectivity index is 1.42. The van der Waals surface area contributed by atoms with Crippen molar-refractivity contribution < 1.29 is 13.2 Å². The summed E-state index contributed by atoms with van der Waals surface area (Å²) in [4.78, 5) is 20.3. The molecule has 0 radical (unpaired) electrons. The van der Waals surface area contributed by atoms with Gasteiger partial charge in [-0.05, 0) is 42.5 Å². The minimum absolute atomic E-state index is 0.0394. The van der Waals surface area contributed by atoms with Crippen LogP contribution in [-0.4, -0.2) is 42.5 Å². The van der Waals surface area contributed by atoms with Crippen LogP contribution in [0.2, 0.25) is 5.02 Å². The molecule has 3 aromatic rings. The maximum atomic E-state index is 14.3. The second-order valence-corrected chi connectivity index (χ2v) is 12.6. The van der Waals surface area contributed by atoms with Crippen molar-refractivity contribution in [1.29, 1.82) is 5.26 Å². The van der Waals surface area contributed by atoms with Gasteiger partial charge in [-0.1, -0.05) is 48.4 Å². The molecule has 1 atom stereocenters. The number of pyridine rings is 1. The number of benzene rings is 2. The standard InChI is InChI=1S/C27H25ClN4O3S/c28-21-7-6-20-15-31(36(34,35)18-26(16-29)8-3-9-26)17-27(23(20)12-21)10-11-32(25(27)33)24-14-30-13-19-4-1-2-5-22(19)24/h1-2,4-7,12-14H,3,8-11,15,17-18H2. The van der Waals surface area contributed by atoms with Gasteiger partial charge in [0.25, 0.3) is 0 Å². The Morgan fingerprint density at radius 1 is 1.11 bits per heavy atom. The number of carbonyl (C=O) groups is 1. The quantitative estimate of drug-likeness (QED) is 0.508. The van der Waals surface area contributed by atoms with Gasteiger partial charge < -0.3 is 4.90 Å². The van der Waals surface area contributed by atoms with Crippen LogP contribution in [0.5, 0.6) is 0 Å². The third-order valence-electron chi connectivity index (χ3n) is 8.14. The van der Waals surface area contributed by atoms with Crippen molar-refractivity contribution >= 4 is 44.0 Å². The smallest absolute Gasteiger partial charge is 0.239 e. The molecule has 1 spiro atoms. The molecule has 184 valence electrons. The van der Waals surface area contributed by atoms with E-state index in [9.17, 15) is 18.5 Å². The maximum absolute atomic E-state index is 14.3. The number of hydrogen-bond donors (Lipinski definition) is 0. The predicted octanol–water partition coefficient (Wildman–Crippen LogP) is 4.40. The number of halogens is 1. The number of hydrogen-bond acceptors (Lipinski definition) is 5. The van der Waals surface area contributed by atoms with Crippen LogP contribution < -0.4 is 4.90 Å². The predicted molar refractivity (Wildman–Crippen MR) is 138 cm³/mol. The summed E-state index contributed by atoms with van der Waals surface area (Å²) in [5, 5.41) is 12.0. The van der Waals surface area contributed by atoms with Crippen LogP contribution in [0.3, 0.4) is 0 Å². The van der Waals surface area contributed by atoms with Crippen LogP contribution >= 0.6 is 11.6 Å². The zero-order valence-corrected chi connectivity index (χ0v) is 21.2. The Morgan fingerprint density at radius 2 is 1.92 bits per heavy atom. The number of anilines is 1. The Kier molecular flexibility index (Phi) is 5.38. The van der Waals surface area contributed by atoms with Crippen LogP contribution in [0.1, 0.15) is 36.8 Å². The minimum Gasteiger partial charge on any atom is -0.309 e. The summed E-state index contributed by atoms with van der Waals surface area (Å²) in [6, 6.07) is 15.4. The largest absolute Gasteiger partial charge is 0.309 e. The number of amides is 1. The summed E-state index contributed by atoms with van der Waals surface area (Å²) in [5.74, 6) is -0.358. The summed E-state index contributed by atoms with van der Waals surface area (Å²) in [7, 11) is -3.78. The lowest BCUT2D eigenvalue weighted by Gasteiger charge is -2.42. The molecule has 2 aromatic carbocycles. The fraction of sp³-hybridized carbons (Fsp3) is 0.370. The third-order valence-corrected chi connectivity index (χ3v) is 10.3. The lowest BCUT2D eigenvalue weighted by Crippen LogP contribution is -2.54. The highest BCUT2D eigenvalue weighted by Gasteiger charge is 2.55. The fourth-order valence-electron chi connectivity index (χ4n) is 6.00. The second-order valence-electron chi connectivity index (χ2n) is 10.2. The van der Waals surface area contributed by atoms with Crippen LogP contribution in [0, 0.1) is 16.7 Å².